The van der Waals surface area contributed by atoms with E-state index in [1.165, 1.54) is 25.7 Å². The van der Waals surface area contributed by atoms with Crippen LogP contribution in [0.15, 0.2) is 0 Å². The lowest BCUT2D eigenvalue weighted by molar-refractivity contribution is -0.159. The van der Waals surface area contributed by atoms with Crippen molar-refractivity contribution in [1.82, 2.24) is 0 Å². The van der Waals surface area contributed by atoms with Gasteiger partial charge in [-0.15, -0.1) is 0 Å². The van der Waals surface area contributed by atoms with E-state index in [0.717, 1.165) is 12.8 Å². The number of carbonyl (C=O) groups is 3. The molecule has 0 aromatic heterocycles. The van der Waals surface area contributed by atoms with Gasteiger partial charge in [0.1, 0.15) is 11.6 Å². The van der Waals surface area contributed by atoms with Gasteiger partial charge in [0.25, 0.3) is 0 Å². The maximum Gasteiger partial charge on any atom is 0.303 e. The van der Waals surface area contributed by atoms with Crippen LogP contribution < -0.4 is 0 Å². The van der Waals surface area contributed by atoms with E-state index in [2.05, 4.69) is 20.8 Å². The average Bonchev–Trinajstić information content (AvgIpc) is 2.99. The number of ketones is 2. The van der Waals surface area contributed by atoms with Crippen molar-refractivity contribution in [3.8, 4) is 0 Å². The Morgan fingerprint density at radius 3 is 2.50 bits per heavy atom. The molecule has 4 fully saturated rings. The minimum absolute atomic E-state index is 0.0161. The van der Waals surface area contributed by atoms with Gasteiger partial charge in [0, 0.05) is 31.6 Å². The Kier molecular flexibility index (Phi) is 4.99. The predicted molar refractivity (Wildman–Crippen MR) is 107 cm³/mol. The Morgan fingerprint density at radius 2 is 1.79 bits per heavy atom. The van der Waals surface area contributed by atoms with Crippen LogP contribution in [0.3, 0.4) is 0 Å². The molecule has 0 heterocycles. The van der Waals surface area contributed by atoms with Gasteiger partial charge in [-0.25, -0.2) is 0 Å². The van der Waals surface area contributed by atoms with Crippen LogP contribution in [0.1, 0.15) is 85.0 Å². The van der Waals surface area contributed by atoms with Gasteiger partial charge < -0.3 is 5.11 Å². The van der Waals surface area contributed by atoms with Crippen molar-refractivity contribution in [2.75, 3.05) is 0 Å². The second-order valence-electron chi connectivity index (χ2n) is 11.0. The molecule has 1 unspecified atom stereocenters. The third kappa shape index (κ3) is 2.97. The van der Waals surface area contributed by atoms with Gasteiger partial charge in [0.05, 0.1) is 0 Å². The zero-order chi connectivity index (χ0) is 20.3. The first-order chi connectivity index (χ1) is 13.2. The molecule has 0 spiro atoms. The van der Waals surface area contributed by atoms with E-state index in [4.69, 9.17) is 5.11 Å². The molecule has 4 saturated carbocycles. The highest BCUT2D eigenvalue weighted by atomic mass is 16.4. The topological polar surface area (TPSA) is 71.4 Å². The molecule has 156 valence electrons. The van der Waals surface area contributed by atoms with Crippen molar-refractivity contribution < 1.29 is 19.5 Å². The van der Waals surface area contributed by atoms with Gasteiger partial charge in [0.15, 0.2) is 0 Å². The molecular weight excluding hydrogens is 352 g/mol. The summed E-state index contributed by atoms with van der Waals surface area (Å²) in [5.41, 5.74) is 0.259. The van der Waals surface area contributed by atoms with Crippen LogP contribution in [0.4, 0.5) is 0 Å². The fourth-order valence-corrected chi connectivity index (χ4v) is 8.36. The molecule has 4 nitrogen and oxygen atoms in total. The van der Waals surface area contributed by atoms with Crippen LogP contribution >= 0.6 is 0 Å². The summed E-state index contributed by atoms with van der Waals surface area (Å²) < 4.78 is 0. The maximum atomic E-state index is 13.1. The Bertz CT molecular complexity index is 684. The number of hydrogen-bond acceptors (Lipinski definition) is 3. The summed E-state index contributed by atoms with van der Waals surface area (Å²) in [7, 11) is 0. The molecule has 4 heteroatoms. The Balaban J connectivity index is 1.56. The summed E-state index contributed by atoms with van der Waals surface area (Å²) in [6.45, 7) is 6.99. The number of carbonyl (C=O) groups excluding carboxylic acids is 2. The van der Waals surface area contributed by atoms with Gasteiger partial charge in [0.2, 0.25) is 0 Å². The largest absolute Gasteiger partial charge is 0.481 e. The molecule has 4 rings (SSSR count). The molecule has 0 saturated heterocycles. The minimum Gasteiger partial charge on any atom is -0.481 e. The Hall–Kier alpha value is -1.19. The second-order valence-corrected chi connectivity index (χ2v) is 11.0. The Labute approximate surface area is 168 Å². The van der Waals surface area contributed by atoms with Crippen LogP contribution in [0.25, 0.3) is 0 Å². The lowest BCUT2D eigenvalue weighted by atomic mass is 9.44. The number of carboxylic acid groups (broad SMARTS) is 1. The van der Waals surface area contributed by atoms with Crippen molar-refractivity contribution in [3.63, 3.8) is 0 Å². The van der Waals surface area contributed by atoms with Crippen LogP contribution in [-0.2, 0) is 14.4 Å². The quantitative estimate of drug-likeness (QED) is 0.744. The first-order valence-electron chi connectivity index (χ1n) is 11.4. The number of rotatable bonds is 4. The molecule has 4 aliphatic carbocycles. The molecule has 0 amide bonds. The number of hydrogen-bond donors (Lipinski definition) is 1. The lowest BCUT2D eigenvalue weighted by Crippen LogP contribution is -2.56. The number of aliphatic carboxylic acids is 1. The summed E-state index contributed by atoms with van der Waals surface area (Å²) in [6.07, 6.45) is 8.47. The zero-order valence-electron chi connectivity index (χ0n) is 17.7. The fraction of sp³-hybridized carbons (Fsp3) is 0.875. The first kappa shape index (κ1) is 20.1. The summed E-state index contributed by atoms with van der Waals surface area (Å²) in [4.78, 5) is 36.2. The van der Waals surface area contributed by atoms with Crippen molar-refractivity contribution in [2.45, 2.75) is 85.0 Å². The average molecular weight is 389 g/mol. The fourth-order valence-electron chi connectivity index (χ4n) is 8.36. The summed E-state index contributed by atoms with van der Waals surface area (Å²) in [5.74, 6) is 2.54. The molecular formula is C24H36O4. The highest BCUT2D eigenvalue weighted by Crippen LogP contribution is 2.67. The molecule has 4 aliphatic rings. The van der Waals surface area contributed by atoms with Crippen molar-refractivity contribution in [1.29, 1.82) is 0 Å². The molecule has 1 N–H and O–H groups in total. The number of carboxylic acids is 1. The van der Waals surface area contributed by atoms with Crippen molar-refractivity contribution in [3.05, 3.63) is 0 Å². The number of Topliss-reactive ketones (excluding diaryl/α,β-unsaturated/α-hetero) is 2. The van der Waals surface area contributed by atoms with Crippen LogP contribution in [0.2, 0.25) is 0 Å². The smallest absolute Gasteiger partial charge is 0.303 e. The van der Waals surface area contributed by atoms with Gasteiger partial charge in [-0.1, -0.05) is 20.8 Å². The molecule has 0 radical (unpaired) electrons. The maximum absolute atomic E-state index is 13.1. The van der Waals surface area contributed by atoms with Gasteiger partial charge in [-0.3, -0.25) is 14.4 Å². The monoisotopic (exact) mass is 388 g/mol. The van der Waals surface area contributed by atoms with Gasteiger partial charge in [-0.05, 0) is 78.9 Å². The third-order valence-corrected chi connectivity index (χ3v) is 9.85. The van der Waals surface area contributed by atoms with E-state index in [1.807, 2.05) is 0 Å². The zero-order valence-corrected chi connectivity index (χ0v) is 17.7. The molecule has 28 heavy (non-hydrogen) atoms. The summed E-state index contributed by atoms with van der Waals surface area (Å²) in [6, 6.07) is 0. The normalized spacial score (nSPS) is 46.5. The van der Waals surface area contributed by atoms with Crippen molar-refractivity contribution in [2.24, 2.45) is 46.3 Å². The SMILES string of the molecule is C[C@H](CCC(=O)O)C1CC[C@H]2[C@@H]3CC(=O)[C@@H]4CC(=O)CC[C@]4(C)[C@H]3CC[C@]12C. The highest BCUT2D eigenvalue weighted by molar-refractivity contribution is 5.90. The second kappa shape index (κ2) is 6.95. The van der Waals surface area contributed by atoms with Gasteiger partial charge in [-0.2, -0.15) is 0 Å². The lowest BCUT2D eigenvalue weighted by Gasteiger charge is -2.59. The predicted octanol–water partition coefficient (Wildman–Crippen LogP) is 4.89. The molecule has 0 aliphatic heterocycles. The minimum atomic E-state index is -0.695. The summed E-state index contributed by atoms with van der Waals surface area (Å²) >= 11 is 0. The van der Waals surface area contributed by atoms with Crippen LogP contribution in [0, 0.1) is 46.3 Å². The first-order valence-corrected chi connectivity index (χ1v) is 11.4. The van der Waals surface area contributed by atoms with E-state index in [0.29, 0.717) is 54.6 Å². The van der Waals surface area contributed by atoms with Crippen LogP contribution in [-0.4, -0.2) is 22.6 Å². The molecule has 0 aromatic carbocycles. The Morgan fingerprint density at radius 1 is 1.07 bits per heavy atom. The van der Waals surface area contributed by atoms with E-state index in [-0.39, 0.29) is 29.0 Å². The molecule has 0 aromatic rings. The van der Waals surface area contributed by atoms with Crippen molar-refractivity contribution >= 4 is 17.5 Å². The molecule has 8 atom stereocenters. The third-order valence-electron chi connectivity index (χ3n) is 9.85. The van der Waals surface area contributed by atoms with E-state index < -0.39 is 5.97 Å². The van der Waals surface area contributed by atoms with Gasteiger partial charge >= 0.3 is 5.97 Å². The number of fused-ring (bicyclic) bond motifs is 5. The van der Waals surface area contributed by atoms with E-state index >= 15 is 0 Å². The van der Waals surface area contributed by atoms with E-state index in [9.17, 15) is 14.4 Å². The molecule has 0 bridgehead atoms. The highest BCUT2D eigenvalue weighted by Gasteiger charge is 2.62. The van der Waals surface area contributed by atoms with E-state index in [1.54, 1.807) is 0 Å². The van der Waals surface area contributed by atoms with Crippen LogP contribution in [0.5, 0.6) is 0 Å². The standard InChI is InChI=1S/C24H36O4/c1-14(4-7-22(27)28)17-5-6-18-16-13-21(26)20-12-15(25)8-10-24(20,3)19(16)9-11-23(17,18)2/h14,16-20H,4-13H2,1-3H3,(H,27,28)/t14-,16+,17?,18+,19+,20+,23-,24-/m1/s1. The summed E-state index contributed by atoms with van der Waals surface area (Å²) in [5, 5.41) is 9.08.